The Morgan fingerprint density at radius 2 is 1.93 bits per heavy atom. The van der Waals surface area contributed by atoms with Gasteiger partial charge in [0.25, 0.3) is 0 Å². The van der Waals surface area contributed by atoms with Crippen molar-refractivity contribution < 1.29 is 19.0 Å². The lowest BCUT2D eigenvalue weighted by Gasteiger charge is -2.20. The van der Waals surface area contributed by atoms with E-state index in [2.05, 4.69) is 11.3 Å². The maximum absolute atomic E-state index is 11.3. The largest absolute Gasteiger partial charge is 0.466 e. The fraction of sp³-hybridized carbons (Fsp3) is 0.727. The van der Waals surface area contributed by atoms with Crippen molar-refractivity contribution in [1.82, 2.24) is 0 Å². The minimum atomic E-state index is -0.434. The van der Waals surface area contributed by atoms with Crippen molar-refractivity contribution >= 4 is 5.97 Å². The molecular formula is C11H20O4. The van der Waals surface area contributed by atoms with Gasteiger partial charge in [0.05, 0.1) is 18.8 Å². The molecule has 0 aromatic rings. The highest BCUT2D eigenvalue weighted by molar-refractivity contribution is 5.88. The van der Waals surface area contributed by atoms with Crippen molar-refractivity contribution in [3.63, 3.8) is 0 Å². The Kier molecular flexibility index (Phi) is 6.99. The number of hydrogen-bond acceptors (Lipinski definition) is 4. The van der Waals surface area contributed by atoms with Gasteiger partial charge in [-0.25, -0.2) is 4.79 Å². The molecule has 0 N–H and O–H groups in total. The van der Waals surface area contributed by atoms with Crippen molar-refractivity contribution in [1.29, 1.82) is 0 Å². The smallest absolute Gasteiger partial charge is 0.335 e. The molecule has 0 amide bonds. The van der Waals surface area contributed by atoms with E-state index in [1.807, 2.05) is 13.8 Å². The predicted molar refractivity (Wildman–Crippen MR) is 57.4 cm³/mol. The molecule has 15 heavy (non-hydrogen) atoms. The SMILES string of the molecule is C=C(C(=O)OC)C(CC(C)C)OCOC. The van der Waals surface area contributed by atoms with E-state index in [1.54, 1.807) is 0 Å². The van der Waals surface area contributed by atoms with Crippen molar-refractivity contribution in [2.24, 2.45) is 5.92 Å². The van der Waals surface area contributed by atoms with Crippen molar-refractivity contribution in [2.75, 3.05) is 21.0 Å². The average molecular weight is 216 g/mol. The molecule has 0 aromatic carbocycles. The number of methoxy groups -OCH3 is 2. The third-order valence-corrected chi connectivity index (χ3v) is 1.91. The lowest BCUT2D eigenvalue weighted by Crippen LogP contribution is -2.24. The summed E-state index contributed by atoms with van der Waals surface area (Å²) >= 11 is 0. The number of carbonyl (C=O) groups is 1. The van der Waals surface area contributed by atoms with Gasteiger partial charge in [-0.15, -0.1) is 0 Å². The molecule has 0 fully saturated rings. The standard InChI is InChI=1S/C11H20O4/c1-8(2)6-10(15-7-13-4)9(3)11(12)14-5/h8,10H,3,6-7H2,1-2,4-5H3. The Hall–Kier alpha value is -0.870. The molecule has 4 nitrogen and oxygen atoms in total. The van der Waals surface area contributed by atoms with Gasteiger partial charge in [-0.05, 0) is 12.3 Å². The summed E-state index contributed by atoms with van der Waals surface area (Å²) < 4.78 is 14.8. The average Bonchev–Trinajstić information content (AvgIpc) is 2.21. The van der Waals surface area contributed by atoms with Crippen LogP contribution in [0.15, 0.2) is 12.2 Å². The summed E-state index contributed by atoms with van der Waals surface area (Å²) in [6, 6.07) is 0. The lowest BCUT2D eigenvalue weighted by molar-refractivity contribution is -0.139. The molecule has 0 aliphatic rings. The molecule has 1 atom stereocenters. The van der Waals surface area contributed by atoms with E-state index in [9.17, 15) is 4.79 Å². The van der Waals surface area contributed by atoms with Crippen LogP contribution in [-0.4, -0.2) is 33.1 Å². The molecule has 0 heterocycles. The topological polar surface area (TPSA) is 44.8 Å². The third kappa shape index (κ3) is 5.54. The highest BCUT2D eigenvalue weighted by Crippen LogP contribution is 2.16. The first-order valence-corrected chi connectivity index (χ1v) is 4.90. The van der Waals surface area contributed by atoms with Crippen LogP contribution in [0.25, 0.3) is 0 Å². The number of hydrogen-bond donors (Lipinski definition) is 0. The van der Waals surface area contributed by atoms with Crippen LogP contribution in [0.5, 0.6) is 0 Å². The third-order valence-electron chi connectivity index (χ3n) is 1.91. The van der Waals surface area contributed by atoms with Crippen molar-refractivity contribution in [2.45, 2.75) is 26.4 Å². The molecule has 0 rings (SSSR count). The minimum absolute atomic E-state index is 0.146. The monoisotopic (exact) mass is 216 g/mol. The quantitative estimate of drug-likeness (QED) is 0.369. The van der Waals surface area contributed by atoms with Crippen molar-refractivity contribution in [3.05, 3.63) is 12.2 Å². The van der Waals surface area contributed by atoms with Gasteiger partial charge in [0.2, 0.25) is 0 Å². The number of ether oxygens (including phenoxy) is 3. The molecule has 0 radical (unpaired) electrons. The number of esters is 1. The zero-order valence-corrected chi connectivity index (χ0v) is 9.91. The highest BCUT2D eigenvalue weighted by atomic mass is 16.7. The first kappa shape index (κ1) is 14.1. The molecule has 1 unspecified atom stereocenters. The second kappa shape index (κ2) is 7.43. The molecule has 0 aromatic heterocycles. The van der Waals surface area contributed by atoms with Gasteiger partial charge in [0, 0.05) is 7.11 Å². The zero-order valence-electron chi connectivity index (χ0n) is 9.91. The summed E-state index contributed by atoms with van der Waals surface area (Å²) in [5.41, 5.74) is 0.336. The predicted octanol–water partition coefficient (Wildman–Crippen LogP) is 1.75. The van der Waals surface area contributed by atoms with Crippen LogP contribution in [0.4, 0.5) is 0 Å². The fourth-order valence-electron chi connectivity index (χ4n) is 1.15. The number of carbonyl (C=O) groups excluding carboxylic acids is 1. The zero-order chi connectivity index (χ0) is 11.8. The molecule has 0 bridgehead atoms. The van der Waals surface area contributed by atoms with Gasteiger partial charge in [-0.3, -0.25) is 0 Å². The van der Waals surface area contributed by atoms with E-state index in [-0.39, 0.29) is 12.9 Å². The van der Waals surface area contributed by atoms with Crippen LogP contribution in [0.3, 0.4) is 0 Å². The van der Waals surface area contributed by atoms with Gasteiger partial charge in [-0.2, -0.15) is 0 Å². The molecule has 4 heteroatoms. The lowest BCUT2D eigenvalue weighted by atomic mass is 10.0. The Morgan fingerprint density at radius 1 is 1.33 bits per heavy atom. The Balaban J connectivity index is 4.33. The second-order valence-corrected chi connectivity index (χ2v) is 3.71. The minimum Gasteiger partial charge on any atom is -0.466 e. The van der Waals surface area contributed by atoms with E-state index >= 15 is 0 Å². The van der Waals surface area contributed by atoms with E-state index < -0.39 is 5.97 Å². The van der Waals surface area contributed by atoms with Gasteiger partial charge in [-0.1, -0.05) is 20.4 Å². The number of rotatable bonds is 7. The first-order valence-electron chi connectivity index (χ1n) is 4.90. The summed E-state index contributed by atoms with van der Waals surface area (Å²) in [6.07, 6.45) is 0.384. The normalized spacial score (nSPS) is 12.6. The molecule has 0 spiro atoms. The summed E-state index contributed by atoms with van der Waals surface area (Å²) in [4.78, 5) is 11.3. The Morgan fingerprint density at radius 3 is 2.33 bits per heavy atom. The summed E-state index contributed by atoms with van der Waals surface area (Å²) in [7, 11) is 2.86. The Bertz CT molecular complexity index is 211. The van der Waals surface area contributed by atoms with E-state index in [0.29, 0.717) is 11.5 Å². The van der Waals surface area contributed by atoms with Crippen LogP contribution in [0.1, 0.15) is 20.3 Å². The van der Waals surface area contributed by atoms with E-state index in [0.717, 1.165) is 6.42 Å². The Labute approximate surface area is 91.2 Å². The van der Waals surface area contributed by atoms with Gasteiger partial charge in [0.1, 0.15) is 6.79 Å². The van der Waals surface area contributed by atoms with E-state index in [1.165, 1.54) is 14.2 Å². The van der Waals surface area contributed by atoms with Crippen LogP contribution < -0.4 is 0 Å². The molecule has 0 saturated carbocycles. The van der Waals surface area contributed by atoms with Gasteiger partial charge < -0.3 is 14.2 Å². The van der Waals surface area contributed by atoms with Gasteiger partial charge >= 0.3 is 5.97 Å². The molecule has 0 aliphatic carbocycles. The maximum atomic E-state index is 11.3. The van der Waals surface area contributed by atoms with Crippen LogP contribution in [-0.2, 0) is 19.0 Å². The van der Waals surface area contributed by atoms with Crippen LogP contribution >= 0.6 is 0 Å². The summed E-state index contributed by atoms with van der Waals surface area (Å²) in [5, 5.41) is 0. The van der Waals surface area contributed by atoms with Gasteiger partial charge in [0.15, 0.2) is 0 Å². The second-order valence-electron chi connectivity index (χ2n) is 3.71. The molecule has 88 valence electrons. The van der Waals surface area contributed by atoms with E-state index in [4.69, 9.17) is 9.47 Å². The first-order chi connectivity index (χ1) is 7.02. The molecular weight excluding hydrogens is 196 g/mol. The fourth-order valence-corrected chi connectivity index (χ4v) is 1.15. The molecule has 0 aliphatic heterocycles. The molecule has 0 saturated heterocycles. The highest BCUT2D eigenvalue weighted by Gasteiger charge is 2.21. The van der Waals surface area contributed by atoms with Crippen molar-refractivity contribution in [3.8, 4) is 0 Å². The van der Waals surface area contributed by atoms with Crippen LogP contribution in [0.2, 0.25) is 0 Å². The van der Waals surface area contributed by atoms with Crippen LogP contribution in [0, 0.1) is 5.92 Å². The summed E-state index contributed by atoms with van der Waals surface area (Å²) in [5.74, 6) is -0.0231. The maximum Gasteiger partial charge on any atom is 0.335 e. The summed E-state index contributed by atoms with van der Waals surface area (Å²) in [6.45, 7) is 7.92.